The number of alkyl halides is 2. The van der Waals surface area contributed by atoms with E-state index in [4.69, 9.17) is 32.0 Å². The molecule has 4 radical (unpaired) electrons. The summed E-state index contributed by atoms with van der Waals surface area (Å²) in [4.78, 5) is 16.0. The molecule has 1 aliphatic rings. The molecule has 0 N–H and O–H groups in total. The molecule has 2 rings (SSSR count). The quantitative estimate of drug-likeness (QED) is 0.465. The van der Waals surface area contributed by atoms with Crippen LogP contribution < -0.4 is 0 Å². The molecule has 0 aromatic carbocycles. The SMILES string of the molecule is [B]C([B])(c1ccc(Cl)nc1)N(CC(F)F)C1=CC(=O)OC1. The molecule has 1 aromatic heterocycles. The number of carbonyl (C=O) groups is 1. The Kier molecular flexibility index (Phi) is 4.56. The van der Waals surface area contributed by atoms with Crippen molar-refractivity contribution in [2.75, 3.05) is 13.2 Å². The fourth-order valence-corrected chi connectivity index (χ4v) is 2.04. The first-order chi connectivity index (χ1) is 9.80. The smallest absolute Gasteiger partial charge is 0.333 e. The van der Waals surface area contributed by atoms with E-state index in [0.29, 0.717) is 0 Å². The number of cyclic esters (lactones) is 1. The molecule has 0 bridgehead atoms. The van der Waals surface area contributed by atoms with E-state index in [2.05, 4.69) is 4.98 Å². The molecule has 4 nitrogen and oxygen atoms in total. The number of rotatable bonds is 5. The zero-order chi connectivity index (χ0) is 15.6. The van der Waals surface area contributed by atoms with Crippen molar-refractivity contribution in [1.82, 2.24) is 9.88 Å². The Morgan fingerprint density at radius 3 is 2.67 bits per heavy atom. The summed E-state index contributed by atoms with van der Waals surface area (Å²) in [5.74, 6) is -0.630. The lowest BCUT2D eigenvalue weighted by Crippen LogP contribution is -2.49. The Balaban J connectivity index is 2.36. The van der Waals surface area contributed by atoms with E-state index in [1.165, 1.54) is 18.3 Å². The molecular weight excluding hydrogens is 299 g/mol. The van der Waals surface area contributed by atoms with E-state index in [1.54, 1.807) is 0 Å². The molecule has 0 saturated carbocycles. The summed E-state index contributed by atoms with van der Waals surface area (Å²) in [6, 6.07) is 2.92. The average Bonchev–Trinajstić information content (AvgIpc) is 2.82. The second-order valence-corrected chi connectivity index (χ2v) is 4.83. The second kappa shape index (κ2) is 6.05. The molecule has 21 heavy (non-hydrogen) atoms. The predicted octanol–water partition coefficient (Wildman–Crippen LogP) is 1.19. The van der Waals surface area contributed by atoms with Crippen molar-refractivity contribution in [2.45, 2.75) is 11.8 Å². The van der Waals surface area contributed by atoms with Gasteiger partial charge in [0.05, 0.1) is 27.9 Å². The summed E-state index contributed by atoms with van der Waals surface area (Å²) < 4.78 is 30.3. The third-order valence-electron chi connectivity index (χ3n) is 2.95. The predicted molar refractivity (Wildman–Crippen MR) is 74.2 cm³/mol. The Hall–Kier alpha value is -1.56. The molecule has 106 valence electrons. The molecule has 2 heterocycles. The first-order valence-corrected chi connectivity index (χ1v) is 6.31. The van der Waals surface area contributed by atoms with Gasteiger partial charge >= 0.3 is 5.97 Å². The summed E-state index contributed by atoms with van der Waals surface area (Å²) in [7, 11) is 12.0. The van der Waals surface area contributed by atoms with Crippen LogP contribution in [-0.4, -0.2) is 51.1 Å². The van der Waals surface area contributed by atoms with Crippen LogP contribution in [0.2, 0.25) is 5.15 Å². The van der Waals surface area contributed by atoms with E-state index in [1.807, 2.05) is 0 Å². The van der Waals surface area contributed by atoms with Gasteiger partial charge in [-0.05, 0) is 17.0 Å². The fourth-order valence-electron chi connectivity index (χ4n) is 1.93. The second-order valence-electron chi connectivity index (χ2n) is 4.44. The molecule has 1 aliphatic heterocycles. The van der Waals surface area contributed by atoms with Gasteiger partial charge in [-0.2, -0.15) is 0 Å². The van der Waals surface area contributed by atoms with Crippen LogP contribution in [-0.2, 0) is 14.9 Å². The monoisotopic (exact) mass is 308 g/mol. The first-order valence-electron chi connectivity index (χ1n) is 5.93. The molecule has 0 fully saturated rings. The summed E-state index contributed by atoms with van der Waals surface area (Å²) in [6.07, 6.45) is -0.326. The van der Waals surface area contributed by atoms with Crippen LogP contribution in [0.1, 0.15) is 5.56 Å². The third-order valence-corrected chi connectivity index (χ3v) is 3.17. The molecule has 0 amide bonds. The Bertz CT molecular complexity index is 567. The molecule has 0 aliphatic carbocycles. The lowest BCUT2D eigenvalue weighted by Gasteiger charge is -2.42. The maximum atomic E-state index is 12.8. The summed E-state index contributed by atoms with van der Waals surface area (Å²) in [5, 5.41) is -1.57. The average molecular weight is 308 g/mol. The largest absolute Gasteiger partial charge is 0.456 e. The summed E-state index contributed by atoms with van der Waals surface area (Å²) in [6.45, 7) is -0.916. The van der Waals surface area contributed by atoms with Gasteiger partial charge < -0.3 is 9.64 Å². The molecule has 0 saturated heterocycles. The van der Waals surface area contributed by atoms with Gasteiger partial charge in [-0.15, -0.1) is 0 Å². The van der Waals surface area contributed by atoms with Crippen molar-refractivity contribution < 1.29 is 18.3 Å². The molecule has 0 atom stereocenters. The van der Waals surface area contributed by atoms with Crippen LogP contribution in [0.4, 0.5) is 8.78 Å². The van der Waals surface area contributed by atoms with Crippen LogP contribution in [0.5, 0.6) is 0 Å². The zero-order valence-corrected chi connectivity index (χ0v) is 11.6. The van der Waals surface area contributed by atoms with E-state index in [9.17, 15) is 13.6 Å². The van der Waals surface area contributed by atoms with Gasteiger partial charge in [0.1, 0.15) is 11.8 Å². The lowest BCUT2D eigenvalue weighted by atomic mass is 9.57. The van der Waals surface area contributed by atoms with Crippen molar-refractivity contribution in [3.8, 4) is 0 Å². The van der Waals surface area contributed by atoms with Crippen molar-refractivity contribution >= 4 is 33.3 Å². The van der Waals surface area contributed by atoms with Crippen LogP contribution in [0.3, 0.4) is 0 Å². The van der Waals surface area contributed by atoms with Crippen molar-refractivity contribution in [2.24, 2.45) is 0 Å². The highest BCUT2D eigenvalue weighted by Crippen LogP contribution is 2.28. The number of aromatic nitrogens is 1. The highest BCUT2D eigenvalue weighted by Gasteiger charge is 2.34. The number of pyridine rings is 1. The van der Waals surface area contributed by atoms with Gasteiger partial charge in [-0.1, -0.05) is 17.7 Å². The van der Waals surface area contributed by atoms with Gasteiger partial charge in [0, 0.05) is 12.3 Å². The molecule has 0 unspecified atom stereocenters. The van der Waals surface area contributed by atoms with Gasteiger partial charge in [-0.3, -0.25) is 0 Å². The van der Waals surface area contributed by atoms with Gasteiger partial charge in [0.2, 0.25) is 0 Å². The first kappa shape index (κ1) is 15.8. The summed E-state index contributed by atoms with van der Waals surface area (Å²) >= 11 is 5.67. The molecule has 1 aromatic rings. The summed E-state index contributed by atoms with van der Waals surface area (Å²) in [5.41, 5.74) is 0.452. The van der Waals surface area contributed by atoms with Gasteiger partial charge in [-0.25, -0.2) is 18.6 Å². The lowest BCUT2D eigenvalue weighted by molar-refractivity contribution is -0.135. The van der Waals surface area contributed by atoms with Crippen LogP contribution in [0.15, 0.2) is 30.1 Å². The standard InChI is InChI=1S/C12H9B2ClF2N2O2/c13-12(14,7-1-2-9(15)18-4-7)19(5-10(16)17)8-3-11(20)21-6-8/h1-4,10H,5-6H2. The fraction of sp³-hybridized carbons (Fsp3) is 0.333. The molecular formula is C12H9B2ClF2N2O2. The van der Waals surface area contributed by atoms with Crippen LogP contribution in [0, 0.1) is 0 Å². The normalized spacial score (nSPS) is 15.0. The highest BCUT2D eigenvalue weighted by atomic mass is 35.5. The highest BCUT2D eigenvalue weighted by molar-refractivity contribution is 6.39. The van der Waals surface area contributed by atoms with E-state index < -0.39 is 24.3 Å². The maximum absolute atomic E-state index is 12.8. The number of nitrogens with zero attached hydrogens (tertiary/aromatic N) is 2. The topological polar surface area (TPSA) is 42.4 Å². The van der Waals surface area contributed by atoms with Crippen molar-refractivity contribution in [3.05, 3.63) is 40.8 Å². The van der Waals surface area contributed by atoms with Crippen molar-refractivity contribution in [1.29, 1.82) is 0 Å². The zero-order valence-electron chi connectivity index (χ0n) is 10.8. The van der Waals surface area contributed by atoms with Gasteiger partial charge in [0.15, 0.2) is 0 Å². The molecule has 0 spiro atoms. The number of hydrogen-bond donors (Lipinski definition) is 0. The van der Waals surface area contributed by atoms with E-state index >= 15 is 0 Å². The number of carbonyl (C=O) groups excluding carboxylic acids is 1. The molecule has 9 heteroatoms. The number of esters is 1. The van der Waals surface area contributed by atoms with Crippen LogP contribution >= 0.6 is 11.6 Å². The van der Waals surface area contributed by atoms with Crippen LogP contribution in [0.25, 0.3) is 0 Å². The van der Waals surface area contributed by atoms with E-state index in [0.717, 1.165) is 11.0 Å². The minimum absolute atomic E-state index is 0.164. The Morgan fingerprint density at radius 2 is 2.19 bits per heavy atom. The number of hydrogen-bond acceptors (Lipinski definition) is 4. The number of halogens is 3. The van der Waals surface area contributed by atoms with Gasteiger partial charge in [0.25, 0.3) is 6.43 Å². The maximum Gasteiger partial charge on any atom is 0.333 e. The Labute approximate surface area is 127 Å². The Morgan fingerprint density at radius 1 is 1.48 bits per heavy atom. The van der Waals surface area contributed by atoms with Crippen molar-refractivity contribution in [3.63, 3.8) is 0 Å². The minimum atomic E-state index is -2.70. The van der Waals surface area contributed by atoms with E-state index in [-0.39, 0.29) is 23.0 Å². The third kappa shape index (κ3) is 3.56. The number of ether oxygens (including phenoxy) is 1. The minimum Gasteiger partial charge on any atom is -0.456 e.